The van der Waals surface area contributed by atoms with Gasteiger partial charge < -0.3 is 10.6 Å². The number of nitrogens with one attached hydrogen (secondary N) is 3. The second-order valence-corrected chi connectivity index (χ2v) is 6.10. The van der Waals surface area contributed by atoms with Crippen molar-refractivity contribution in [3.63, 3.8) is 0 Å². The van der Waals surface area contributed by atoms with Gasteiger partial charge in [-0.25, -0.2) is 18.1 Å². The Hall–Kier alpha value is -1.13. The number of rotatable bonds is 7. The molecule has 1 aromatic carbocycles. The molecule has 0 saturated carbocycles. The van der Waals surface area contributed by atoms with Gasteiger partial charge in [0.15, 0.2) is 5.96 Å². The normalized spacial score (nSPS) is 11.5. The van der Waals surface area contributed by atoms with E-state index in [1.54, 1.807) is 30.3 Å². The summed E-state index contributed by atoms with van der Waals surface area (Å²) < 4.78 is 25.5. The second kappa shape index (κ2) is 10.6. The Morgan fingerprint density at radius 3 is 2.41 bits per heavy atom. The predicted octanol–water partition coefficient (Wildman–Crippen LogP) is 1.45. The van der Waals surface area contributed by atoms with Crippen LogP contribution in [0, 0.1) is 0 Å². The van der Waals surface area contributed by atoms with Crippen LogP contribution in [0.2, 0.25) is 0 Å². The van der Waals surface area contributed by atoms with E-state index < -0.39 is 10.0 Å². The highest BCUT2D eigenvalue weighted by atomic mass is 127. The summed E-state index contributed by atoms with van der Waals surface area (Å²) >= 11 is 0. The highest BCUT2D eigenvalue weighted by molar-refractivity contribution is 14.0. The van der Waals surface area contributed by atoms with Crippen LogP contribution < -0.4 is 15.4 Å². The molecule has 8 heteroatoms. The van der Waals surface area contributed by atoms with Crippen molar-refractivity contribution < 1.29 is 8.42 Å². The number of guanidine groups is 1. The molecule has 0 aliphatic heterocycles. The Kier molecular flexibility index (Phi) is 10.0. The van der Waals surface area contributed by atoms with Crippen molar-refractivity contribution in [3.8, 4) is 0 Å². The van der Waals surface area contributed by atoms with Crippen LogP contribution in [-0.4, -0.2) is 34.5 Å². The lowest BCUT2D eigenvalue weighted by Gasteiger charge is -2.09. The summed E-state index contributed by atoms with van der Waals surface area (Å²) in [7, 11) is -2.00. The van der Waals surface area contributed by atoms with Gasteiger partial charge in [0.1, 0.15) is 0 Å². The first-order valence-corrected chi connectivity index (χ1v) is 8.17. The largest absolute Gasteiger partial charge is 0.357 e. The zero-order chi connectivity index (χ0) is 15.7. The number of hydrogen-bond donors (Lipinski definition) is 3. The van der Waals surface area contributed by atoms with E-state index in [1.807, 2.05) is 6.92 Å². The number of halogens is 1. The third kappa shape index (κ3) is 6.75. The fourth-order valence-corrected chi connectivity index (χ4v) is 2.30. The Bertz CT molecular complexity index is 585. The van der Waals surface area contributed by atoms with Gasteiger partial charge in [0, 0.05) is 13.1 Å². The van der Waals surface area contributed by atoms with E-state index in [0.717, 1.165) is 12.1 Å². The van der Waals surface area contributed by atoms with Crippen LogP contribution in [0.3, 0.4) is 0 Å². The van der Waals surface area contributed by atoms with Crippen LogP contribution in [0.5, 0.6) is 0 Å². The molecule has 22 heavy (non-hydrogen) atoms. The van der Waals surface area contributed by atoms with Crippen LogP contribution in [0.25, 0.3) is 0 Å². The molecule has 0 aliphatic rings. The van der Waals surface area contributed by atoms with Crippen LogP contribution >= 0.6 is 24.0 Å². The first kappa shape index (κ1) is 20.9. The standard InChI is InChI=1S/C14H22N4O2S.HI/c1-4-10-17-14(16-5-2)18-11-12-6-8-13(9-7-12)21(19,20)15-3;/h4,6-9,15H,1,5,10-11H2,2-3H3,(H2,16,17,18);1H. The van der Waals surface area contributed by atoms with Crippen molar-refractivity contribution in [1.82, 2.24) is 15.4 Å². The molecule has 0 aliphatic carbocycles. The molecule has 0 heterocycles. The van der Waals surface area contributed by atoms with Gasteiger partial charge in [-0.15, -0.1) is 30.6 Å². The summed E-state index contributed by atoms with van der Waals surface area (Å²) in [5.41, 5.74) is 0.931. The van der Waals surface area contributed by atoms with E-state index in [1.165, 1.54) is 7.05 Å². The molecular weight excluding hydrogens is 415 g/mol. The third-order valence-electron chi connectivity index (χ3n) is 2.68. The maximum Gasteiger partial charge on any atom is 0.240 e. The number of aliphatic imine (C=N–C) groups is 1. The van der Waals surface area contributed by atoms with Gasteiger partial charge in [0.2, 0.25) is 10.0 Å². The molecule has 1 aromatic rings. The van der Waals surface area contributed by atoms with E-state index >= 15 is 0 Å². The lowest BCUT2D eigenvalue weighted by molar-refractivity contribution is 0.588. The van der Waals surface area contributed by atoms with Crippen molar-refractivity contribution in [2.45, 2.75) is 18.4 Å². The maximum atomic E-state index is 11.6. The lowest BCUT2D eigenvalue weighted by atomic mass is 10.2. The van der Waals surface area contributed by atoms with Crippen LogP contribution in [0.4, 0.5) is 0 Å². The van der Waals surface area contributed by atoms with E-state index in [2.05, 4.69) is 26.9 Å². The summed E-state index contributed by atoms with van der Waals surface area (Å²) in [4.78, 5) is 4.66. The van der Waals surface area contributed by atoms with Crippen LogP contribution in [0.1, 0.15) is 12.5 Å². The third-order valence-corrected chi connectivity index (χ3v) is 4.11. The maximum absolute atomic E-state index is 11.6. The molecule has 0 atom stereocenters. The van der Waals surface area contributed by atoms with Gasteiger partial charge in [-0.05, 0) is 31.7 Å². The van der Waals surface area contributed by atoms with Gasteiger partial charge in [-0.1, -0.05) is 18.2 Å². The summed E-state index contributed by atoms with van der Waals surface area (Å²) in [6.45, 7) is 7.49. The first-order valence-electron chi connectivity index (χ1n) is 6.69. The fourth-order valence-electron chi connectivity index (χ4n) is 1.57. The molecule has 124 valence electrons. The smallest absolute Gasteiger partial charge is 0.240 e. The first-order chi connectivity index (χ1) is 10.0. The number of nitrogens with zero attached hydrogens (tertiary/aromatic N) is 1. The molecule has 0 saturated heterocycles. The van der Waals surface area contributed by atoms with Crippen molar-refractivity contribution in [2.75, 3.05) is 20.1 Å². The monoisotopic (exact) mass is 438 g/mol. The molecule has 0 fully saturated rings. The zero-order valence-electron chi connectivity index (χ0n) is 12.8. The van der Waals surface area contributed by atoms with Crippen molar-refractivity contribution in [1.29, 1.82) is 0 Å². The Labute approximate surface area is 149 Å². The molecule has 0 amide bonds. The molecule has 0 bridgehead atoms. The summed E-state index contributed by atoms with van der Waals surface area (Å²) in [6.07, 6.45) is 1.75. The highest BCUT2D eigenvalue weighted by Gasteiger charge is 2.10. The average molecular weight is 438 g/mol. The van der Waals surface area contributed by atoms with E-state index in [0.29, 0.717) is 19.0 Å². The van der Waals surface area contributed by atoms with Gasteiger partial charge >= 0.3 is 0 Å². The van der Waals surface area contributed by atoms with E-state index in [4.69, 9.17) is 0 Å². The summed E-state index contributed by atoms with van der Waals surface area (Å²) in [6, 6.07) is 6.65. The fraction of sp³-hybridized carbons (Fsp3) is 0.357. The lowest BCUT2D eigenvalue weighted by Crippen LogP contribution is -2.37. The van der Waals surface area contributed by atoms with Crippen molar-refractivity contribution in [2.24, 2.45) is 4.99 Å². The Balaban J connectivity index is 0.00000441. The minimum Gasteiger partial charge on any atom is -0.357 e. The molecule has 0 radical (unpaired) electrons. The summed E-state index contributed by atoms with van der Waals surface area (Å²) in [5.74, 6) is 0.698. The molecule has 3 N–H and O–H groups in total. The Morgan fingerprint density at radius 1 is 1.27 bits per heavy atom. The molecule has 0 unspecified atom stereocenters. The minimum atomic E-state index is -3.39. The topological polar surface area (TPSA) is 82.6 Å². The minimum absolute atomic E-state index is 0. The van der Waals surface area contributed by atoms with Gasteiger partial charge in [-0.2, -0.15) is 0 Å². The van der Waals surface area contributed by atoms with Crippen molar-refractivity contribution >= 4 is 40.0 Å². The van der Waals surface area contributed by atoms with Gasteiger partial charge in [-0.3, -0.25) is 0 Å². The predicted molar refractivity (Wildman–Crippen MR) is 101 cm³/mol. The van der Waals surface area contributed by atoms with Gasteiger partial charge in [0.05, 0.1) is 11.4 Å². The molecule has 6 nitrogen and oxygen atoms in total. The highest BCUT2D eigenvalue weighted by Crippen LogP contribution is 2.10. The van der Waals surface area contributed by atoms with Crippen LogP contribution in [0.15, 0.2) is 46.8 Å². The van der Waals surface area contributed by atoms with Crippen LogP contribution in [-0.2, 0) is 16.6 Å². The van der Waals surface area contributed by atoms with Gasteiger partial charge in [0.25, 0.3) is 0 Å². The van der Waals surface area contributed by atoms with E-state index in [-0.39, 0.29) is 28.9 Å². The molecule has 1 rings (SSSR count). The number of hydrogen-bond acceptors (Lipinski definition) is 3. The summed E-state index contributed by atoms with van der Waals surface area (Å²) in [5, 5.41) is 6.22. The molecular formula is C14H23IN4O2S. The average Bonchev–Trinajstić information content (AvgIpc) is 2.50. The molecule has 0 spiro atoms. The van der Waals surface area contributed by atoms with Crippen molar-refractivity contribution in [3.05, 3.63) is 42.5 Å². The second-order valence-electron chi connectivity index (χ2n) is 4.22. The Morgan fingerprint density at radius 2 is 1.91 bits per heavy atom. The quantitative estimate of drug-likeness (QED) is 0.261. The van der Waals surface area contributed by atoms with E-state index in [9.17, 15) is 8.42 Å². The zero-order valence-corrected chi connectivity index (χ0v) is 15.9. The SMILES string of the molecule is C=CCNC(=NCc1ccc(S(=O)(=O)NC)cc1)NCC.I. The number of benzene rings is 1. The molecule has 0 aromatic heterocycles. The number of sulfonamides is 1.